The van der Waals surface area contributed by atoms with Gasteiger partial charge in [0.1, 0.15) is 10.6 Å². The average Bonchev–Trinajstić information content (AvgIpc) is 2.96. The zero-order chi connectivity index (χ0) is 15.8. The number of nitrogens with zero attached hydrogens (tertiary/aromatic N) is 1. The molecule has 2 aliphatic heterocycles. The van der Waals surface area contributed by atoms with Crippen LogP contribution in [0.25, 0.3) is 0 Å². The molecule has 0 aromatic heterocycles. The monoisotopic (exact) mass is 347 g/mol. The Hall–Kier alpha value is -0.860. The van der Waals surface area contributed by atoms with Gasteiger partial charge < -0.3 is 14.2 Å². The molecule has 122 valence electrons. The quantitative estimate of drug-likeness (QED) is 0.829. The fourth-order valence-electron chi connectivity index (χ4n) is 2.93. The summed E-state index contributed by atoms with van der Waals surface area (Å²) in [5, 5.41) is 0.182. The maximum atomic E-state index is 13.1. The van der Waals surface area contributed by atoms with Crippen molar-refractivity contribution in [3.8, 4) is 5.75 Å². The largest absolute Gasteiger partial charge is 0.497 e. The van der Waals surface area contributed by atoms with Crippen LogP contribution >= 0.6 is 11.6 Å². The lowest BCUT2D eigenvalue weighted by atomic mass is 9.99. The van der Waals surface area contributed by atoms with Crippen molar-refractivity contribution in [1.82, 2.24) is 4.31 Å². The van der Waals surface area contributed by atoms with Gasteiger partial charge in [0.15, 0.2) is 0 Å². The molecule has 8 heteroatoms. The van der Waals surface area contributed by atoms with Crippen LogP contribution in [0.1, 0.15) is 6.42 Å². The van der Waals surface area contributed by atoms with Crippen LogP contribution in [0, 0.1) is 0 Å². The van der Waals surface area contributed by atoms with Crippen LogP contribution < -0.4 is 4.74 Å². The van der Waals surface area contributed by atoms with E-state index >= 15 is 0 Å². The maximum absolute atomic E-state index is 13.1. The molecule has 3 rings (SSSR count). The van der Waals surface area contributed by atoms with Crippen LogP contribution in [-0.4, -0.2) is 58.3 Å². The van der Waals surface area contributed by atoms with Crippen molar-refractivity contribution in [3.63, 3.8) is 0 Å². The summed E-state index contributed by atoms with van der Waals surface area (Å²) in [6.07, 6.45) is 0.619. The van der Waals surface area contributed by atoms with Crippen LogP contribution in [0.2, 0.25) is 5.02 Å². The van der Waals surface area contributed by atoms with Gasteiger partial charge in [-0.25, -0.2) is 8.42 Å². The molecule has 1 spiro atoms. The molecule has 1 unspecified atom stereocenters. The SMILES string of the molecule is COc1ccc(Cl)c(S(=O)(=O)N2CCOCC23CCOC3)c1. The van der Waals surface area contributed by atoms with Crippen molar-refractivity contribution < 1.29 is 22.6 Å². The van der Waals surface area contributed by atoms with E-state index in [4.69, 9.17) is 25.8 Å². The minimum Gasteiger partial charge on any atom is -0.497 e. The number of morpholine rings is 1. The Morgan fingerprint density at radius 1 is 1.27 bits per heavy atom. The van der Waals surface area contributed by atoms with E-state index in [-0.39, 0.29) is 9.92 Å². The standard InChI is InChI=1S/C14H18ClNO5S/c1-19-11-2-3-12(15)13(8-11)22(17,18)16-5-7-21-10-14(16)4-6-20-9-14/h2-3,8H,4-7,9-10H2,1H3. The number of sulfonamides is 1. The van der Waals surface area contributed by atoms with E-state index in [0.29, 0.717) is 45.1 Å². The zero-order valence-corrected chi connectivity index (χ0v) is 13.8. The van der Waals surface area contributed by atoms with Gasteiger partial charge in [-0.1, -0.05) is 11.6 Å². The van der Waals surface area contributed by atoms with Crippen molar-refractivity contribution in [3.05, 3.63) is 23.2 Å². The van der Waals surface area contributed by atoms with Crippen LogP contribution in [0.3, 0.4) is 0 Å². The van der Waals surface area contributed by atoms with Gasteiger partial charge in [0, 0.05) is 19.2 Å². The topological polar surface area (TPSA) is 65.1 Å². The minimum absolute atomic E-state index is 0.0571. The Morgan fingerprint density at radius 2 is 2.00 bits per heavy atom. The van der Waals surface area contributed by atoms with Crippen molar-refractivity contribution in [2.75, 3.05) is 40.1 Å². The molecule has 0 aliphatic carbocycles. The number of halogens is 1. The Morgan fingerprint density at radius 3 is 2.64 bits per heavy atom. The maximum Gasteiger partial charge on any atom is 0.245 e. The van der Waals surface area contributed by atoms with Gasteiger partial charge >= 0.3 is 0 Å². The molecule has 0 amide bonds. The van der Waals surface area contributed by atoms with Gasteiger partial charge in [0.2, 0.25) is 10.0 Å². The second-order valence-corrected chi connectivity index (χ2v) is 7.69. The molecule has 0 radical (unpaired) electrons. The first-order valence-electron chi connectivity index (χ1n) is 7.01. The summed E-state index contributed by atoms with van der Waals surface area (Å²) in [5.41, 5.74) is -0.635. The molecule has 2 saturated heterocycles. The van der Waals surface area contributed by atoms with Gasteiger partial charge in [-0.2, -0.15) is 4.31 Å². The van der Waals surface area contributed by atoms with Gasteiger partial charge in [-0.3, -0.25) is 0 Å². The Balaban J connectivity index is 2.04. The Kier molecular flexibility index (Phi) is 4.35. The van der Waals surface area contributed by atoms with Gasteiger partial charge in [-0.05, 0) is 18.6 Å². The third kappa shape index (κ3) is 2.61. The summed E-state index contributed by atoms with van der Waals surface area (Å²) in [6, 6.07) is 4.62. The Bertz CT molecular complexity index is 657. The molecular weight excluding hydrogens is 330 g/mol. The molecule has 0 saturated carbocycles. The average molecular weight is 348 g/mol. The lowest BCUT2D eigenvalue weighted by molar-refractivity contribution is -0.0293. The molecule has 0 N–H and O–H groups in total. The second kappa shape index (κ2) is 5.98. The smallest absolute Gasteiger partial charge is 0.245 e. The van der Waals surface area contributed by atoms with E-state index in [1.807, 2.05) is 0 Å². The molecule has 0 bridgehead atoms. The Labute approximate surface area is 135 Å². The molecule has 1 aromatic carbocycles. The summed E-state index contributed by atoms with van der Waals surface area (Å²) in [4.78, 5) is 0.0571. The number of rotatable bonds is 3. The van der Waals surface area contributed by atoms with E-state index in [9.17, 15) is 8.42 Å². The van der Waals surface area contributed by atoms with Crippen molar-refractivity contribution in [2.24, 2.45) is 0 Å². The second-order valence-electron chi connectivity index (χ2n) is 5.45. The summed E-state index contributed by atoms with van der Waals surface area (Å²) in [5.74, 6) is 0.452. The molecule has 2 fully saturated rings. The first-order chi connectivity index (χ1) is 10.5. The first kappa shape index (κ1) is 16.0. The summed E-state index contributed by atoms with van der Waals surface area (Å²) in [6.45, 7) is 1.87. The highest BCUT2D eigenvalue weighted by Gasteiger charge is 2.49. The van der Waals surface area contributed by atoms with Crippen LogP contribution in [0.5, 0.6) is 5.75 Å². The molecule has 2 aliphatic rings. The van der Waals surface area contributed by atoms with Crippen LogP contribution in [0.4, 0.5) is 0 Å². The fourth-order valence-corrected chi connectivity index (χ4v) is 5.18. The highest BCUT2D eigenvalue weighted by atomic mass is 35.5. The number of methoxy groups -OCH3 is 1. The number of hydrogen-bond donors (Lipinski definition) is 0. The normalized spacial score (nSPS) is 26.5. The van der Waals surface area contributed by atoms with Crippen molar-refractivity contribution in [1.29, 1.82) is 0 Å². The van der Waals surface area contributed by atoms with E-state index < -0.39 is 15.6 Å². The molecule has 22 heavy (non-hydrogen) atoms. The number of hydrogen-bond acceptors (Lipinski definition) is 5. The van der Waals surface area contributed by atoms with Crippen LogP contribution in [-0.2, 0) is 19.5 Å². The number of benzene rings is 1. The lowest BCUT2D eigenvalue weighted by Crippen LogP contribution is -2.59. The van der Waals surface area contributed by atoms with Crippen molar-refractivity contribution in [2.45, 2.75) is 16.9 Å². The molecule has 1 atom stereocenters. The molecule has 1 aromatic rings. The molecule has 6 nitrogen and oxygen atoms in total. The van der Waals surface area contributed by atoms with Gasteiger partial charge in [-0.15, -0.1) is 0 Å². The summed E-state index contributed by atoms with van der Waals surface area (Å²) in [7, 11) is -2.27. The van der Waals surface area contributed by atoms with E-state index in [0.717, 1.165) is 0 Å². The predicted octanol–water partition coefficient (Wildman–Crippen LogP) is 1.53. The third-order valence-corrected chi connectivity index (χ3v) is 6.61. The summed E-state index contributed by atoms with van der Waals surface area (Å²) < 4.78 is 43.8. The number of ether oxygens (including phenoxy) is 3. The first-order valence-corrected chi connectivity index (χ1v) is 8.83. The van der Waals surface area contributed by atoms with E-state index in [1.165, 1.54) is 23.5 Å². The summed E-state index contributed by atoms with van der Waals surface area (Å²) >= 11 is 6.13. The van der Waals surface area contributed by atoms with Crippen molar-refractivity contribution >= 4 is 21.6 Å². The van der Waals surface area contributed by atoms with E-state index in [2.05, 4.69) is 0 Å². The molecular formula is C14H18ClNO5S. The fraction of sp³-hybridized carbons (Fsp3) is 0.571. The highest BCUT2D eigenvalue weighted by molar-refractivity contribution is 7.89. The predicted molar refractivity (Wildman–Crippen MR) is 80.9 cm³/mol. The highest BCUT2D eigenvalue weighted by Crippen LogP contribution is 2.37. The van der Waals surface area contributed by atoms with Gasteiger partial charge in [0.25, 0.3) is 0 Å². The zero-order valence-electron chi connectivity index (χ0n) is 12.2. The van der Waals surface area contributed by atoms with Crippen LogP contribution in [0.15, 0.2) is 23.1 Å². The van der Waals surface area contributed by atoms with Gasteiger partial charge in [0.05, 0.1) is 37.5 Å². The minimum atomic E-state index is -3.76. The third-order valence-electron chi connectivity index (χ3n) is 4.13. The lowest BCUT2D eigenvalue weighted by Gasteiger charge is -2.42. The van der Waals surface area contributed by atoms with E-state index in [1.54, 1.807) is 6.07 Å². The molecule has 2 heterocycles.